The average molecular weight is 243 g/mol. The summed E-state index contributed by atoms with van der Waals surface area (Å²) in [6.45, 7) is 6.39. The Balaban J connectivity index is 2.28. The highest BCUT2D eigenvalue weighted by Gasteiger charge is 2.14. The SMILES string of the molecule is CNC(c1ccc(C(C)C)cc1)c1coc(C)c1. The Morgan fingerprint density at radius 2 is 1.61 bits per heavy atom. The second-order valence-corrected chi connectivity index (χ2v) is 5.03. The Bertz CT molecular complexity index is 496. The van der Waals surface area contributed by atoms with E-state index < -0.39 is 0 Å². The molecule has 2 nitrogen and oxygen atoms in total. The zero-order valence-electron chi connectivity index (χ0n) is 11.5. The standard InChI is InChI=1S/C16H21NO/c1-11(2)13-5-7-14(8-6-13)16(17-4)15-9-12(3)18-10-15/h5-11,16-17H,1-4H3. The van der Waals surface area contributed by atoms with Gasteiger partial charge in [-0.2, -0.15) is 0 Å². The summed E-state index contributed by atoms with van der Waals surface area (Å²) in [7, 11) is 1.98. The smallest absolute Gasteiger partial charge is 0.101 e. The maximum absolute atomic E-state index is 5.39. The molecule has 2 aromatic rings. The Kier molecular flexibility index (Phi) is 3.87. The van der Waals surface area contributed by atoms with Crippen molar-refractivity contribution >= 4 is 0 Å². The van der Waals surface area contributed by atoms with Crippen LogP contribution in [0.1, 0.15) is 48.3 Å². The lowest BCUT2D eigenvalue weighted by molar-refractivity contribution is 0.528. The van der Waals surface area contributed by atoms with Crippen LogP contribution in [0.5, 0.6) is 0 Å². The highest BCUT2D eigenvalue weighted by molar-refractivity contribution is 5.33. The molecule has 0 saturated carbocycles. The highest BCUT2D eigenvalue weighted by atomic mass is 16.3. The van der Waals surface area contributed by atoms with Gasteiger partial charge in [0.05, 0.1) is 12.3 Å². The van der Waals surface area contributed by atoms with Crippen molar-refractivity contribution in [1.82, 2.24) is 5.32 Å². The van der Waals surface area contributed by atoms with Crippen LogP contribution in [-0.4, -0.2) is 7.05 Å². The van der Waals surface area contributed by atoms with Crippen LogP contribution in [0.4, 0.5) is 0 Å². The molecule has 1 heterocycles. The van der Waals surface area contributed by atoms with Gasteiger partial charge in [-0.3, -0.25) is 0 Å². The molecule has 0 amide bonds. The summed E-state index contributed by atoms with van der Waals surface area (Å²) in [5.41, 5.74) is 3.81. The minimum atomic E-state index is 0.198. The third-order valence-corrected chi connectivity index (χ3v) is 3.31. The van der Waals surface area contributed by atoms with E-state index in [1.54, 1.807) is 0 Å². The van der Waals surface area contributed by atoms with E-state index in [0.717, 1.165) is 5.76 Å². The van der Waals surface area contributed by atoms with Gasteiger partial charge in [0.2, 0.25) is 0 Å². The van der Waals surface area contributed by atoms with Crippen molar-refractivity contribution in [2.24, 2.45) is 0 Å². The monoisotopic (exact) mass is 243 g/mol. The number of rotatable bonds is 4. The number of benzene rings is 1. The average Bonchev–Trinajstić information content (AvgIpc) is 2.77. The molecule has 0 aliphatic rings. The van der Waals surface area contributed by atoms with Crippen molar-refractivity contribution in [3.8, 4) is 0 Å². The molecule has 18 heavy (non-hydrogen) atoms. The minimum absolute atomic E-state index is 0.198. The lowest BCUT2D eigenvalue weighted by atomic mass is 9.96. The van der Waals surface area contributed by atoms with E-state index in [1.165, 1.54) is 16.7 Å². The molecule has 1 atom stereocenters. The summed E-state index contributed by atoms with van der Waals surface area (Å²) in [5.74, 6) is 1.52. The number of furan rings is 1. The van der Waals surface area contributed by atoms with Crippen LogP contribution in [0.3, 0.4) is 0 Å². The van der Waals surface area contributed by atoms with E-state index in [0.29, 0.717) is 5.92 Å². The topological polar surface area (TPSA) is 25.2 Å². The van der Waals surface area contributed by atoms with Gasteiger partial charge >= 0.3 is 0 Å². The van der Waals surface area contributed by atoms with Crippen molar-refractivity contribution in [1.29, 1.82) is 0 Å². The molecule has 1 aromatic heterocycles. The first kappa shape index (κ1) is 12.9. The van der Waals surface area contributed by atoms with Gasteiger partial charge in [-0.25, -0.2) is 0 Å². The van der Waals surface area contributed by atoms with Crippen molar-refractivity contribution in [2.75, 3.05) is 7.05 Å². The fourth-order valence-electron chi connectivity index (χ4n) is 2.21. The van der Waals surface area contributed by atoms with Gasteiger partial charge in [0.15, 0.2) is 0 Å². The van der Waals surface area contributed by atoms with Gasteiger partial charge < -0.3 is 9.73 Å². The second-order valence-electron chi connectivity index (χ2n) is 5.03. The van der Waals surface area contributed by atoms with Gasteiger partial charge in [-0.15, -0.1) is 0 Å². The number of aryl methyl sites for hydroxylation is 1. The summed E-state index contributed by atoms with van der Waals surface area (Å²) in [6.07, 6.45) is 1.83. The molecule has 2 rings (SSSR count). The summed E-state index contributed by atoms with van der Waals surface area (Å²) >= 11 is 0. The lowest BCUT2D eigenvalue weighted by Gasteiger charge is -2.16. The molecule has 1 unspecified atom stereocenters. The number of nitrogens with one attached hydrogen (secondary N) is 1. The van der Waals surface area contributed by atoms with E-state index in [2.05, 4.69) is 49.5 Å². The van der Waals surface area contributed by atoms with Crippen molar-refractivity contribution in [3.63, 3.8) is 0 Å². The Labute approximate surface area is 109 Å². The van der Waals surface area contributed by atoms with Crippen LogP contribution in [0.15, 0.2) is 41.0 Å². The molecule has 0 spiro atoms. The fraction of sp³-hybridized carbons (Fsp3) is 0.375. The largest absolute Gasteiger partial charge is 0.469 e. The molecule has 0 bridgehead atoms. The molecule has 1 aromatic carbocycles. The van der Waals surface area contributed by atoms with Crippen LogP contribution in [-0.2, 0) is 0 Å². The van der Waals surface area contributed by atoms with Gasteiger partial charge in [0.25, 0.3) is 0 Å². The van der Waals surface area contributed by atoms with E-state index in [4.69, 9.17) is 4.42 Å². The Hall–Kier alpha value is -1.54. The molecule has 0 fully saturated rings. The second kappa shape index (κ2) is 5.40. The maximum Gasteiger partial charge on any atom is 0.101 e. The van der Waals surface area contributed by atoms with E-state index >= 15 is 0 Å². The Morgan fingerprint density at radius 1 is 1.00 bits per heavy atom. The van der Waals surface area contributed by atoms with Crippen molar-refractivity contribution in [3.05, 3.63) is 59.0 Å². The van der Waals surface area contributed by atoms with Crippen LogP contribution < -0.4 is 5.32 Å². The van der Waals surface area contributed by atoms with Crippen LogP contribution in [0.2, 0.25) is 0 Å². The fourth-order valence-corrected chi connectivity index (χ4v) is 2.21. The normalized spacial score (nSPS) is 12.9. The minimum Gasteiger partial charge on any atom is -0.469 e. The molecular weight excluding hydrogens is 222 g/mol. The summed E-state index contributed by atoms with van der Waals surface area (Å²) in [4.78, 5) is 0. The van der Waals surface area contributed by atoms with E-state index in [-0.39, 0.29) is 6.04 Å². The molecule has 0 aliphatic heterocycles. The molecule has 96 valence electrons. The third-order valence-electron chi connectivity index (χ3n) is 3.31. The number of hydrogen-bond donors (Lipinski definition) is 1. The van der Waals surface area contributed by atoms with Gasteiger partial charge in [-0.1, -0.05) is 38.1 Å². The zero-order chi connectivity index (χ0) is 13.1. The lowest BCUT2D eigenvalue weighted by Crippen LogP contribution is -2.16. The summed E-state index contributed by atoms with van der Waals surface area (Å²) in [5, 5.41) is 3.34. The van der Waals surface area contributed by atoms with Crippen LogP contribution in [0.25, 0.3) is 0 Å². The highest BCUT2D eigenvalue weighted by Crippen LogP contribution is 2.25. The van der Waals surface area contributed by atoms with E-state index in [1.807, 2.05) is 20.2 Å². The quantitative estimate of drug-likeness (QED) is 0.877. The van der Waals surface area contributed by atoms with Gasteiger partial charge in [0.1, 0.15) is 5.76 Å². The third kappa shape index (κ3) is 2.65. The van der Waals surface area contributed by atoms with Crippen molar-refractivity contribution < 1.29 is 4.42 Å². The van der Waals surface area contributed by atoms with Gasteiger partial charge in [-0.05, 0) is 37.1 Å². The summed E-state index contributed by atoms with van der Waals surface area (Å²) in [6, 6.07) is 11.1. The molecule has 0 aliphatic carbocycles. The summed E-state index contributed by atoms with van der Waals surface area (Å²) < 4.78 is 5.39. The predicted octanol–water partition coefficient (Wildman–Crippen LogP) is 4.02. The first-order valence-electron chi connectivity index (χ1n) is 6.44. The first-order chi connectivity index (χ1) is 8.61. The van der Waals surface area contributed by atoms with Crippen molar-refractivity contribution in [2.45, 2.75) is 32.7 Å². The van der Waals surface area contributed by atoms with E-state index in [9.17, 15) is 0 Å². The molecule has 1 N–H and O–H groups in total. The maximum atomic E-state index is 5.39. The molecular formula is C16H21NO. The first-order valence-corrected chi connectivity index (χ1v) is 6.44. The zero-order valence-corrected chi connectivity index (χ0v) is 11.5. The molecule has 0 radical (unpaired) electrons. The Morgan fingerprint density at radius 3 is 2.06 bits per heavy atom. The molecule has 0 saturated heterocycles. The van der Waals surface area contributed by atoms with Crippen LogP contribution >= 0.6 is 0 Å². The molecule has 2 heteroatoms. The number of hydrogen-bond acceptors (Lipinski definition) is 2. The van der Waals surface area contributed by atoms with Crippen LogP contribution in [0, 0.1) is 6.92 Å². The predicted molar refractivity (Wildman–Crippen MR) is 74.9 cm³/mol. The van der Waals surface area contributed by atoms with Gasteiger partial charge in [0, 0.05) is 5.56 Å².